The van der Waals surface area contributed by atoms with E-state index >= 15 is 0 Å². The van der Waals surface area contributed by atoms with Gasteiger partial charge >= 0.3 is 0 Å². The number of benzene rings is 2. The van der Waals surface area contributed by atoms with Crippen LogP contribution >= 0.6 is 15.9 Å². The third kappa shape index (κ3) is 7.34. The third-order valence-corrected chi connectivity index (χ3v) is 6.07. The fourth-order valence-corrected chi connectivity index (χ4v) is 3.97. The van der Waals surface area contributed by atoms with Gasteiger partial charge in [-0.1, -0.05) is 43.6 Å². The fourth-order valence-electron chi connectivity index (χ4n) is 3.45. The molecule has 5 heteroatoms. The Labute approximate surface area is 196 Å². The molecule has 0 spiro atoms. The Kier molecular flexibility index (Phi) is 10.0. The first-order valence-corrected chi connectivity index (χ1v) is 11.8. The van der Waals surface area contributed by atoms with Crippen LogP contribution in [0.5, 0.6) is 23.0 Å². The third-order valence-electron chi connectivity index (χ3n) is 5.33. The maximum Gasteiger partial charge on any atom is 0.167 e. The van der Waals surface area contributed by atoms with E-state index in [0.29, 0.717) is 29.9 Å². The number of aryl methyl sites for hydroxylation is 2. The zero-order valence-corrected chi connectivity index (χ0v) is 21.6. The SMILES string of the molecule is COc1cc(Br)c(CCC(C)C)cc1OCc1cc(CCC(C)C)cc(OC)c1OC. The molecule has 0 bridgehead atoms. The average Bonchev–Trinajstić information content (AvgIpc) is 2.74. The minimum Gasteiger partial charge on any atom is -0.493 e. The van der Waals surface area contributed by atoms with Gasteiger partial charge in [0.05, 0.1) is 21.3 Å². The van der Waals surface area contributed by atoms with Crippen molar-refractivity contribution < 1.29 is 18.9 Å². The van der Waals surface area contributed by atoms with Gasteiger partial charge in [-0.3, -0.25) is 0 Å². The summed E-state index contributed by atoms with van der Waals surface area (Å²) in [7, 11) is 5.01. The number of hydrogen-bond acceptors (Lipinski definition) is 4. The number of methoxy groups -OCH3 is 3. The van der Waals surface area contributed by atoms with E-state index in [-0.39, 0.29) is 0 Å². The molecule has 0 amide bonds. The van der Waals surface area contributed by atoms with Crippen LogP contribution in [0.4, 0.5) is 0 Å². The molecule has 0 fully saturated rings. The van der Waals surface area contributed by atoms with Gasteiger partial charge in [-0.05, 0) is 72.9 Å². The number of halogens is 1. The first-order valence-electron chi connectivity index (χ1n) is 11.0. The Hall–Kier alpha value is -1.88. The molecule has 2 aromatic carbocycles. The molecule has 0 N–H and O–H groups in total. The first kappa shape index (κ1) is 25.4. The normalized spacial score (nSPS) is 11.2. The molecule has 0 aliphatic rings. The van der Waals surface area contributed by atoms with Gasteiger partial charge < -0.3 is 18.9 Å². The van der Waals surface area contributed by atoms with Crippen LogP contribution in [-0.4, -0.2) is 21.3 Å². The predicted molar refractivity (Wildman–Crippen MR) is 131 cm³/mol. The minimum absolute atomic E-state index is 0.372. The van der Waals surface area contributed by atoms with E-state index < -0.39 is 0 Å². The van der Waals surface area contributed by atoms with Crippen molar-refractivity contribution in [1.82, 2.24) is 0 Å². The average molecular weight is 493 g/mol. The van der Waals surface area contributed by atoms with Crippen LogP contribution in [-0.2, 0) is 19.4 Å². The van der Waals surface area contributed by atoms with Crippen molar-refractivity contribution >= 4 is 15.9 Å². The summed E-state index contributed by atoms with van der Waals surface area (Å²) in [6.07, 6.45) is 4.22. The molecule has 0 heterocycles. The molecule has 0 saturated carbocycles. The van der Waals surface area contributed by atoms with Gasteiger partial charge in [0.15, 0.2) is 23.0 Å². The van der Waals surface area contributed by atoms with Gasteiger partial charge in [0.1, 0.15) is 6.61 Å². The van der Waals surface area contributed by atoms with E-state index in [0.717, 1.165) is 47.2 Å². The van der Waals surface area contributed by atoms with Crippen molar-refractivity contribution in [3.05, 3.63) is 45.4 Å². The maximum absolute atomic E-state index is 6.26. The molecular formula is C26H37BrO4. The number of ether oxygens (including phenoxy) is 4. The van der Waals surface area contributed by atoms with Crippen molar-refractivity contribution in [2.24, 2.45) is 11.8 Å². The largest absolute Gasteiger partial charge is 0.493 e. The quantitative estimate of drug-likeness (QED) is 0.313. The van der Waals surface area contributed by atoms with Gasteiger partial charge in [-0.15, -0.1) is 0 Å². The maximum atomic E-state index is 6.26. The second kappa shape index (κ2) is 12.2. The van der Waals surface area contributed by atoms with E-state index in [1.807, 2.05) is 6.07 Å². The van der Waals surface area contributed by atoms with Crippen molar-refractivity contribution in [3.8, 4) is 23.0 Å². The second-order valence-corrected chi connectivity index (χ2v) is 9.59. The van der Waals surface area contributed by atoms with Crippen LogP contribution in [0.2, 0.25) is 0 Å². The second-order valence-electron chi connectivity index (χ2n) is 8.74. The zero-order chi connectivity index (χ0) is 23.0. The van der Waals surface area contributed by atoms with E-state index in [1.54, 1.807) is 21.3 Å². The molecule has 2 rings (SSSR count). The summed E-state index contributed by atoms with van der Waals surface area (Å²) in [6, 6.07) is 8.29. The van der Waals surface area contributed by atoms with Crippen molar-refractivity contribution in [2.75, 3.05) is 21.3 Å². The molecule has 0 atom stereocenters. The summed E-state index contributed by atoms with van der Waals surface area (Å²) in [5.41, 5.74) is 3.42. The summed E-state index contributed by atoms with van der Waals surface area (Å²) in [4.78, 5) is 0. The highest BCUT2D eigenvalue weighted by Crippen LogP contribution is 2.37. The van der Waals surface area contributed by atoms with Crippen LogP contribution < -0.4 is 18.9 Å². The molecule has 0 radical (unpaired) electrons. The zero-order valence-electron chi connectivity index (χ0n) is 20.0. The van der Waals surface area contributed by atoms with Crippen molar-refractivity contribution in [2.45, 2.75) is 60.0 Å². The van der Waals surface area contributed by atoms with Crippen LogP contribution in [0.15, 0.2) is 28.7 Å². The lowest BCUT2D eigenvalue weighted by Crippen LogP contribution is -2.04. The predicted octanol–water partition coefficient (Wildman–Crippen LogP) is 7.23. The Bertz CT molecular complexity index is 846. The molecule has 172 valence electrons. The molecule has 0 aliphatic carbocycles. The van der Waals surface area contributed by atoms with E-state index in [1.165, 1.54) is 11.1 Å². The molecular weight excluding hydrogens is 456 g/mol. The first-order chi connectivity index (χ1) is 14.8. The van der Waals surface area contributed by atoms with Crippen molar-refractivity contribution in [3.63, 3.8) is 0 Å². The molecule has 0 aliphatic heterocycles. The smallest absolute Gasteiger partial charge is 0.167 e. The number of hydrogen-bond donors (Lipinski definition) is 0. The fraction of sp³-hybridized carbons (Fsp3) is 0.538. The topological polar surface area (TPSA) is 36.9 Å². The Morgan fingerprint density at radius 2 is 1.35 bits per heavy atom. The molecule has 0 unspecified atom stereocenters. The van der Waals surface area contributed by atoms with Gasteiger partial charge in [-0.25, -0.2) is 0 Å². The van der Waals surface area contributed by atoms with Gasteiger partial charge in [0.25, 0.3) is 0 Å². The van der Waals surface area contributed by atoms with Crippen LogP contribution in [0, 0.1) is 11.8 Å². The summed E-state index contributed by atoms with van der Waals surface area (Å²) in [6.45, 7) is 9.32. The summed E-state index contributed by atoms with van der Waals surface area (Å²) in [5, 5.41) is 0. The summed E-state index contributed by atoms with van der Waals surface area (Å²) in [5.74, 6) is 4.18. The Morgan fingerprint density at radius 3 is 1.94 bits per heavy atom. The molecule has 31 heavy (non-hydrogen) atoms. The standard InChI is InChI=1S/C26H37BrO4/c1-17(2)8-10-19-12-21(26(30-7)25(13-19)29-6)16-31-24-14-20(11-9-18(3)4)22(27)15-23(24)28-5/h12-15,17-18H,8-11,16H2,1-7H3. The Morgan fingerprint density at radius 1 is 0.710 bits per heavy atom. The highest BCUT2D eigenvalue weighted by Gasteiger charge is 2.16. The molecule has 0 aromatic heterocycles. The lowest BCUT2D eigenvalue weighted by Gasteiger charge is -2.18. The summed E-state index contributed by atoms with van der Waals surface area (Å²) >= 11 is 3.68. The van der Waals surface area contributed by atoms with Crippen molar-refractivity contribution in [1.29, 1.82) is 0 Å². The molecule has 2 aromatic rings. The molecule has 4 nitrogen and oxygen atoms in total. The van der Waals surface area contributed by atoms with Crippen LogP contribution in [0.25, 0.3) is 0 Å². The number of rotatable bonds is 12. The monoisotopic (exact) mass is 492 g/mol. The van der Waals surface area contributed by atoms with Gasteiger partial charge in [-0.2, -0.15) is 0 Å². The Balaban J connectivity index is 2.31. The molecule has 0 saturated heterocycles. The van der Waals surface area contributed by atoms with Crippen LogP contribution in [0.1, 0.15) is 57.2 Å². The highest BCUT2D eigenvalue weighted by atomic mass is 79.9. The van der Waals surface area contributed by atoms with E-state index in [9.17, 15) is 0 Å². The summed E-state index contributed by atoms with van der Waals surface area (Å²) < 4.78 is 24.1. The van der Waals surface area contributed by atoms with Gasteiger partial charge in [0, 0.05) is 10.0 Å². The van der Waals surface area contributed by atoms with E-state index in [2.05, 4.69) is 61.8 Å². The lowest BCUT2D eigenvalue weighted by molar-refractivity contribution is 0.274. The van der Waals surface area contributed by atoms with E-state index in [4.69, 9.17) is 18.9 Å². The minimum atomic E-state index is 0.372. The highest BCUT2D eigenvalue weighted by molar-refractivity contribution is 9.10. The van der Waals surface area contributed by atoms with Gasteiger partial charge in [0.2, 0.25) is 0 Å². The lowest BCUT2D eigenvalue weighted by atomic mass is 10.00. The van der Waals surface area contributed by atoms with Crippen LogP contribution in [0.3, 0.4) is 0 Å².